The molecule has 2 aromatic carbocycles. The summed E-state index contributed by atoms with van der Waals surface area (Å²) in [5.41, 5.74) is 2.19. The molecule has 0 spiro atoms. The van der Waals surface area contributed by atoms with E-state index in [0.29, 0.717) is 21.4 Å². The van der Waals surface area contributed by atoms with Gasteiger partial charge in [-0.3, -0.25) is 0 Å². The predicted octanol–water partition coefficient (Wildman–Crippen LogP) is 5.02. The summed E-state index contributed by atoms with van der Waals surface area (Å²) in [5, 5.41) is 7.16. The second-order valence-corrected chi connectivity index (χ2v) is 6.95. The molecule has 0 atom stereocenters. The van der Waals surface area contributed by atoms with Crippen molar-refractivity contribution in [3.63, 3.8) is 0 Å². The van der Waals surface area contributed by atoms with Crippen molar-refractivity contribution in [2.24, 2.45) is 0 Å². The average Bonchev–Trinajstić information content (AvgIpc) is 3.12. The van der Waals surface area contributed by atoms with Crippen LogP contribution in [0.2, 0.25) is 0 Å². The normalized spacial score (nSPS) is 10.1. The van der Waals surface area contributed by atoms with E-state index >= 15 is 0 Å². The number of ether oxygens (including phenoxy) is 2. The van der Waals surface area contributed by atoms with Gasteiger partial charge in [0.25, 0.3) is 0 Å². The minimum Gasteiger partial charge on any atom is -0.495 e. The number of thiocarbonyl (C=S) groups is 1. The molecule has 0 radical (unpaired) electrons. The molecular formula is C20H18N2O3S2. The van der Waals surface area contributed by atoms with Gasteiger partial charge in [0, 0.05) is 4.88 Å². The van der Waals surface area contributed by atoms with Crippen molar-refractivity contribution in [3.05, 3.63) is 66.2 Å². The highest BCUT2D eigenvalue weighted by Crippen LogP contribution is 2.36. The smallest absolute Gasteiger partial charge is 0.340 e. The predicted molar refractivity (Wildman–Crippen MR) is 114 cm³/mol. The summed E-state index contributed by atoms with van der Waals surface area (Å²) in [7, 11) is 2.95. The molecule has 138 valence electrons. The van der Waals surface area contributed by atoms with Crippen LogP contribution in [0.15, 0.2) is 60.7 Å². The van der Waals surface area contributed by atoms with Crippen LogP contribution in [0.4, 0.5) is 10.7 Å². The number of para-hydroxylation sites is 2. The number of carbonyl (C=O) groups is 1. The summed E-state index contributed by atoms with van der Waals surface area (Å²) >= 11 is 6.85. The summed E-state index contributed by atoms with van der Waals surface area (Å²) in [5.74, 6) is 0.252. The van der Waals surface area contributed by atoms with Crippen molar-refractivity contribution < 1.29 is 14.3 Å². The first-order valence-corrected chi connectivity index (χ1v) is 9.33. The number of anilines is 2. The van der Waals surface area contributed by atoms with Crippen LogP contribution in [0.3, 0.4) is 0 Å². The molecule has 5 nitrogen and oxygen atoms in total. The minimum atomic E-state index is -0.420. The average molecular weight is 399 g/mol. The first-order chi connectivity index (χ1) is 13.1. The van der Waals surface area contributed by atoms with E-state index in [2.05, 4.69) is 10.6 Å². The lowest BCUT2D eigenvalue weighted by Gasteiger charge is -2.13. The Kier molecular flexibility index (Phi) is 6.05. The van der Waals surface area contributed by atoms with Crippen LogP contribution in [0.1, 0.15) is 10.4 Å². The third-order valence-corrected chi connectivity index (χ3v) is 5.08. The molecule has 7 heteroatoms. The molecule has 0 aliphatic carbocycles. The fourth-order valence-electron chi connectivity index (χ4n) is 2.49. The second-order valence-electron chi connectivity index (χ2n) is 5.49. The quantitative estimate of drug-likeness (QED) is 0.465. The number of hydrogen-bond acceptors (Lipinski definition) is 5. The van der Waals surface area contributed by atoms with Gasteiger partial charge in [-0.05, 0) is 36.0 Å². The molecule has 1 heterocycles. The van der Waals surface area contributed by atoms with E-state index in [1.807, 2.05) is 54.6 Å². The summed E-state index contributed by atoms with van der Waals surface area (Å²) in [6.07, 6.45) is 0. The number of esters is 1. The van der Waals surface area contributed by atoms with Gasteiger partial charge in [-0.25, -0.2) is 4.79 Å². The molecule has 3 rings (SSSR count). The SMILES string of the molecule is COC(=O)c1cc(-c2ccccc2)sc1NC(=S)Nc1ccccc1OC. The Morgan fingerprint density at radius 1 is 1.00 bits per heavy atom. The summed E-state index contributed by atoms with van der Waals surface area (Å²) in [6.45, 7) is 0. The van der Waals surface area contributed by atoms with Crippen LogP contribution < -0.4 is 15.4 Å². The number of benzene rings is 2. The standard InChI is InChI=1S/C20H18N2O3S2/c1-24-16-11-7-6-10-15(16)21-20(26)22-18-14(19(23)25-2)12-17(27-18)13-8-4-3-5-9-13/h3-12H,1-2H3,(H2,21,22,26). The van der Waals surface area contributed by atoms with Crippen molar-refractivity contribution in [2.45, 2.75) is 0 Å². The molecular weight excluding hydrogens is 380 g/mol. The maximum absolute atomic E-state index is 12.2. The zero-order valence-electron chi connectivity index (χ0n) is 14.8. The van der Waals surface area contributed by atoms with Gasteiger partial charge in [0.05, 0.1) is 25.5 Å². The van der Waals surface area contributed by atoms with Crippen LogP contribution in [0.5, 0.6) is 5.75 Å². The van der Waals surface area contributed by atoms with Gasteiger partial charge in [0.1, 0.15) is 10.8 Å². The van der Waals surface area contributed by atoms with E-state index in [1.165, 1.54) is 18.4 Å². The number of rotatable bonds is 5. The van der Waals surface area contributed by atoms with Crippen LogP contribution in [-0.4, -0.2) is 25.3 Å². The Morgan fingerprint density at radius 3 is 2.41 bits per heavy atom. The summed E-state index contributed by atoms with van der Waals surface area (Å²) in [4.78, 5) is 13.1. The van der Waals surface area contributed by atoms with Crippen LogP contribution in [0.25, 0.3) is 10.4 Å². The number of thiophene rings is 1. The highest BCUT2D eigenvalue weighted by atomic mass is 32.1. The number of carbonyl (C=O) groups excluding carboxylic acids is 1. The van der Waals surface area contributed by atoms with E-state index in [-0.39, 0.29) is 0 Å². The lowest BCUT2D eigenvalue weighted by atomic mass is 10.1. The molecule has 3 aromatic rings. The Labute approximate surface area is 166 Å². The molecule has 0 fully saturated rings. The molecule has 27 heavy (non-hydrogen) atoms. The van der Waals surface area contributed by atoms with Gasteiger partial charge in [0.15, 0.2) is 5.11 Å². The van der Waals surface area contributed by atoms with Gasteiger partial charge in [-0.2, -0.15) is 0 Å². The summed E-state index contributed by atoms with van der Waals surface area (Å²) < 4.78 is 10.2. The van der Waals surface area contributed by atoms with E-state index in [4.69, 9.17) is 21.7 Å². The van der Waals surface area contributed by atoms with Gasteiger partial charge in [0.2, 0.25) is 0 Å². The number of methoxy groups -OCH3 is 2. The minimum absolute atomic E-state index is 0.353. The Hall–Kier alpha value is -2.90. The molecule has 0 amide bonds. The molecule has 0 saturated carbocycles. The summed E-state index contributed by atoms with van der Waals surface area (Å²) in [6, 6.07) is 19.1. The molecule has 0 unspecified atom stereocenters. The lowest BCUT2D eigenvalue weighted by Crippen LogP contribution is -2.20. The van der Waals surface area contributed by atoms with Gasteiger partial charge >= 0.3 is 5.97 Å². The Morgan fingerprint density at radius 2 is 1.70 bits per heavy atom. The van der Waals surface area contributed by atoms with Crippen molar-refractivity contribution in [2.75, 3.05) is 24.9 Å². The van der Waals surface area contributed by atoms with Gasteiger partial charge in [-0.15, -0.1) is 11.3 Å². The lowest BCUT2D eigenvalue weighted by molar-refractivity contribution is 0.0602. The van der Waals surface area contributed by atoms with Gasteiger partial charge < -0.3 is 20.1 Å². The molecule has 0 aliphatic heterocycles. The zero-order chi connectivity index (χ0) is 19.2. The number of hydrogen-bond donors (Lipinski definition) is 2. The van der Waals surface area contributed by atoms with Crippen molar-refractivity contribution in [1.82, 2.24) is 0 Å². The van der Waals surface area contributed by atoms with E-state index in [0.717, 1.165) is 16.1 Å². The monoisotopic (exact) mass is 398 g/mol. The first kappa shape index (κ1) is 18.9. The highest BCUT2D eigenvalue weighted by molar-refractivity contribution is 7.80. The molecule has 0 aliphatic rings. The first-order valence-electron chi connectivity index (χ1n) is 8.11. The van der Waals surface area contributed by atoms with E-state index < -0.39 is 5.97 Å². The zero-order valence-corrected chi connectivity index (χ0v) is 16.4. The fraction of sp³-hybridized carbons (Fsp3) is 0.100. The molecule has 0 saturated heterocycles. The molecule has 1 aromatic heterocycles. The van der Waals surface area contributed by atoms with Crippen LogP contribution >= 0.6 is 23.6 Å². The largest absolute Gasteiger partial charge is 0.495 e. The Balaban J connectivity index is 1.85. The second kappa shape index (κ2) is 8.66. The molecule has 2 N–H and O–H groups in total. The van der Waals surface area contributed by atoms with Gasteiger partial charge in [-0.1, -0.05) is 42.5 Å². The highest BCUT2D eigenvalue weighted by Gasteiger charge is 2.18. The van der Waals surface area contributed by atoms with E-state index in [1.54, 1.807) is 13.2 Å². The number of nitrogens with one attached hydrogen (secondary N) is 2. The Bertz CT molecular complexity index is 955. The van der Waals surface area contributed by atoms with Crippen molar-refractivity contribution in [1.29, 1.82) is 0 Å². The topological polar surface area (TPSA) is 59.6 Å². The third kappa shape index (κ3) is 4.45. The van der Waals surface area contributed by atoms with Crippen molar-refractivity contribution >= 4 is 45.3 Å². The third-order valence-electron chi connectivity index (χ3n) is 3.78. The van der Waals surface area contributed by atoms with Crippen LogP contribution in [0, 0.1) is 0 Å². The van der Waals surface area contributed by atoms with Crippen LogP contribution in [-0.2, 0) is 4.74 Å². The fourth-order valence-corrected chi connectivity index (χ4v) is 3.83. The molecule has 0 bridgehead atoms. The van der Waals surface area contributed by atoms with Crippen molar-refractivity contribution in [3.8, 4) is 16.2 Å². The maximum Gasteiger partial charge on any atom is 0.340 e. The maximum atomic E-state index is 12.2. The van der Waals surface area contributed by atoms with E-state index in [9.17, 15) is 4.79 Å².